The number of aromatic nitrogens is 5. The quantitative estimate of drug-likeness (QED) is 0.163. The summed E-state index contributed by atoms with van der Waals surface area (Å²) in [4.78, 5) is 15.7. The lowest BCUT2D eigenvalue weighted by Crippen LogP contribution is -2.03. The summed E-state index contributed by atoms with van der Waals surface area (Å²) in [6.07, 6.45) is 0. The van der Waals surface area contributed by atoms with Gasteiger partial charge in [-0.2, -0.15) is 10.5 Å². The molecule has 0 radical (unpaired) electrons. The fourth-order valence-electron chi connectivity index (χ4n) is 11.1. The molecule has 0 amide bonds. The molecule has 74 heavy (non-hydrogen) atoms. The van der Waals surface area contributed by atoms with E-state index in [2.05, 4.69) is 106 Å². The maximum Gasteiger partial charge on any atom is 0.164 e. The number of hydrogen-bond acceptors (Lipinski definition) is 7. The molecule has 0 unspecified atom stereocenters. The van der Waals surface area contributed by atoms with Crippen molar-refractivity contribution in [2.45, 2.75) is 0 Å². The third-order valence-corrected chi connectivity index (χ3v) is 14.4. The Kier molecular flexibility index (Phi) is 8.88. The van der Waals surface area contributed by atoms with Gasteiger partial charge < -0.3 is 18.0 Å². The van der Waals surface area contributed by atoms with Gasteiger partial charge in [-0.15, -0.1) is 0 Å². The number of benzene rings is 10. The van der Waals surface area contributed by atoms with Crippen LogP contribution in [0.5, 0.6) is 0 Å². The van der Waals surface area contributed by atoms with Crippen LogP contribution in [0.1, 0.15) is 11.1 Å². The van der Waals surface area contributed by atoms with Crippen LogP contribution in [0.25, 0.3) is 144 Å². The maximum atomic E-state index is 10.8. The predicted octanol–water partition coefficient (Wildman–Crippen LogP) is 16.3. The fourth-order valence-corrected chi connectivity index (χ4v) is 11.1. The van der Waals surface area contributed by atoms with E-state index in [1.54, 1.807) is 0 Å². The second kappa shape index (κ2) is 16.0. The monoisotopic (exact) mass is 945 g/mol. The normalized spacial score (nSPS) is 11.8. The van der Waals surface area contributed by atoms with Gasteiger partial charge in [0.1, 0.15) is 28.4 Å². The van der Waals surface area contributed by atoms with Crippen LogP contribution in [0.2, 0.25) is 0 Å². The van der Waals surface area contributed by atoms with Gasteiger partial charge in [0.15, 0.2) is 17.5 Å². The first-order valence-electron chi connectivity index (χ1n) is 24.3. The van der Waals surface area contributed by atoms with E-state index in [9.17, 15) is 10.5 Å². The molecule has 10 aromatic carbocycles. The van der Waals surface area contributed by atoms with Crippen molar-refractivity contribution in [1.29, 1.82) is 10.5 Å². The maximum absolute atomic E-state index is 10.8. The predicted molar refractivity (Wildman–Crippen MR) is 294 cm³/mol. The largest absolute Gasteiger partial charge is 0.455 e. The van der Waals surface area contributed by atoms with E-state index in [1.807, 2.05) is 127 Å². The molecular formula is C65H35N7O2. The van der Waals surface area contributed by atoms with Crippen LogP contribution >= 0.6 is 0 Å². The van der Waals surface area contributed by atoms with Crippen LogP contribution in [-0.2, 0) is 0 Å². The zero-order chi connectivity index (χ0) is 49.0. The number of nitrogens with zero attached hydrogens (tertiary/aromatic N) is 7. The van der Waals surface area contributed by atoms with Gasteiger partial charge in [-0.3, -0.25) is 0 Å². The minimum atomic E-state index is 0.441. The highest BCUT2D eigenvalue weighted by molar-refractivity contribution is 6.25. The summed E-state index contributed by atoms with van der Waals surface area (Å²) < 4.78 is 17.7. The van der Waals surface area contributed by atoms with Crippen LogP contribution in [0.3, 0.4) is 0 Å². The highest BCUT2D eigenvalue weighted by Crippen LogP contribution is 2.45. The zero-order valence-electron chi connectivity index (χ0n) is 39.2. The molecule has 0 bridgehead atoms. The van der Waals surface area contributed by atoms with Gasteiger partial charge in [0, 0.05) is 54.6 Å². The van der Waals surface area contributed by atoms with Crippen LogP contribution in [0.4, 0.5) is 0 Å². The molecule has 5 aromatic heterocycles. The highest BCUT2D eigenvalue weighted by Gasteiger charge is 2.24. The van der Waals surface area contributed by atoms with Crippen LogP contribution in [0, 0.1) is 22.7 Å². The molecule has 0 aliphatic carbocycles. The summed E-state index contributed by atoms with van der Waals surface area (Å²) >= 11 is 0. The Morgan fingerprint density at radius 1 is 0.351 bits per heavy atom. The summed E-state index contributed by atoms with van der Waals surface area (Å²) in [7, 11) is 0. The molecule has 0 saturated heterocycles. The average Bonchev–Trinajstić information content (AvgIpc) is 4.23. The number of furan rings is 2. The van der Waals surface area contributed by atoms with Gasteiger partial charge in [-0.05, 0) is 90.5 Å². The first-order valence-corrected chi connectivity index (χ1v) is 24.3. The van der Waals surface area contributed by atoms with Gasteiger partial charge in [-0.25, -0.2) is 15.0 Å². The molecule has 9 nitrogen and oxygen atoms in total. The Morgan fingerprint density at radius 2 is 0.851 bits per heavy atom. The Labute approximate surface area is 421 Å². The van der Waals surface area contributed by atoms with Gasteiger partial charge in [0.25, 0.3) is 0 Å². The van der Waals surface area contributed by atoms with E-state index < -0.39 is 0 Å². The fraction of sp³-hybridized carbons (Fsp3) is 0. The van der Waals surface area contributed by atoms with Crippen molar-refractivity contribution in [3.8, 4) is 68.8 Å². The summed E-state index contributed by atoms with van der Waals surface area (Å²) in [5, 5.41) is 29.1. The molecule has 0 atom stereocenters. The highest BCUT2D eigenvalue weighted by atomic mass is 16.3. The zero-order valence-corrected chi connectivity index (χ0v) is 39.2. The van der Waals surface area contributed by atoms with Crippen molar-refractivity contribution in [2.75, 3.05) is 0 Å². The average molecular weight is 946 g/mol. The number of hydrogen-bond donors (Lipinski definition) is 0. The SMILES string of the molecule is N#Cc1cccc(-c2ccc(-c3nc(-c4ccccc4)nc(-c4ccc(C#N)c(-n5c6ccccc6c6c7oc8ccccc8c7ccc65)c4)n3)cc2-n2c3ccccc3c3c4oc5ccccc5c4ccc32)c1. The van der Waals surface area contributed by atoms with Crippen LogP contribution in [-0.4, -0.2) is 24.1 Å². The lowest BCUT2D eigenvalue weighted by atomic mass is 9.99. The minimum Gasteiger partial charge on any atom is -0.455 e. The third kappa shape index (κ3) is 6.11. The molecule has 0 spiro atoms. The van der Waals surface area contributed by atoms with Crippen molar-refractivity contribution in [3.63, 3.8) is 0 Å². The summed E-state index contributed by atoms with van der Waals surface area (Å²) in [5.41, 5.74) is 13.8. The molecule has 0 fully saturated rings. The summed E-state index contributed by atoms with van der Waals surface area (Å²) in [6.45, 7) is 0. The lowest BCUT2D eigenvalue weighted by Gasteiger charge is -2.17. The Balaban J connectivity index is 0.967. The van der Waals surface area contributed by atoms with E-state index in [0.717, 1.165) is 115 Å². The molecule has 0 aliphatic heterocycles. The standard InChI is InChI=1S/C65H35N7O2/c66-36-38-13-12-16-40(33-38)44-28-27-42(35-56(44)72-52-22-9-5-20-50(52)60-54(72)32-30-48-46-18-7-11-24-58(46)74-62(48)60)65-69-63(39-14-2-1-3-15-39)68-64(70-65)41-25-26-43(37-67)55(34-41)71-51-21-8-4-19-49(51)59-53(71)31-29-47-45-17-6-10-23-57(45)73-61(47)59/h1-35H. The van der Waals surface area contributed by atoms with E-state index >= 15 is 0 Å². The molecular weight excluding hydrogens is 911 g/mol. The topological polar surface area (TPSA) is 122 Å². The van der Waals surface area contributed by atoms with E-state index in [1.165, 1.54) is 0 Å². The molecule has 15 rings (SSSR count). The first-order chi connectivity index (χ1) is 36.6. The number of para-hydroxylation sites is 4. The minimum absolute atomic E-state index is 0.441. The van der Waals surface area contributed by atoms with Gasteiger partial charge in [0.2, 0.25) is 0 Å². The first kappa shape index (κ1) is 41.2. The van der Waals surface area contributed by atoms with Crippen molar-refractivity contribution in [2.24, 2.45) is 0 Å². The molecule has 0 aliphatic rings. The summed E-state index contributed by atoms with van der Waals surface area (Å²) in [6, 6.07) is 76.0. The van der Waals surface area contributed by atoms with Crippen molar-refractivity contribution in [1.82, 2.24) is 24.1 Å². The van der Waals surface area contributed by atoms with Crippen LogP contribution < -0.4 is 0 Å². The number of fused-ring (bicyclic) bond motifs is 14. The smallest absolute Gasteiger partial charge is 0.164 e. The summed E-state index contributed by atoms with van der Waals surface area (Å²) in [5.74, 6) is 1.40. The van der Waals surface area contributed by atoms with Gasteiger partial charge in [0.05, 0.1) is 61.4 Å². The lowest BCUT2D eigenvalue weighted by molar-refractivity contribution is 0.672. The van der Waals surface area contributed by atoms with E-state index in [-0.39, 0.29) is 0 Å². The second-order valence-electron chi connectivity index (χ2n) is 18.5. The Bertz CT molecular complexity index is 4950. The van der Waals surface area contributed by atoms with Crippen molar-refractivity contribution < 1.29 is 8.83 Å². The molecule has 0 N–H and O–H groups in total. The molecule has 9 heteroatoms. The number of nitriles is 2. The third-order valence-electron chi connectivity index (χ3n) is 14.4. The van der Waals surface area contributed by atoms with Gasteiger partial charge >= 0.3 is 0 Å². The van der Waals surface area contributed by atoms with E-state index in [4.69, 9.17) is 23.8 Å². The van der Waals surface area contributed by atoms with Crippen molar-refractivity contribution in [3.05, 3.63) is 223 Å². The Hall–Kier alpha value is -10.6. The van der Waals surface area contributed by atoms with Gasteiger partial charge in [-0.1, -0.05) is 127 Å². The second-order valence-corrected chi connectivity index (χ2v) is 18.5. The number of rotatable bonds is 6. The molecule has 15 aromatic rings. The van der Waals surface area contributed by atoms with Crippen molar-refractivity contribution >= 4 is 87.5 Å². The van der Waals surface area contributed by atoms with E-state index in [0.29, 0.717) is 39.9 Å². The molecule has 0 saturated carbocycles. The van der Waals surface area contributed by atoms with Crippen LogP contribution in [0.15, 0.2) is 221 Å². The molecule has 5 heterocycles. The Morgan fingerprint density at radius 3 is 1.45 bits per heavy atom. The molecule has 342 valence electrons.